The topological polar surface area (TPSA) is 79.0 Å². The number of rotatable bonds is 3. The van der Waals surface area contributed by atoms with Crippen molar-refractivity contribution in [1.29, 1.82) is 0 Å². The average molecular weight is 415 g/mol. The third-order valence-electron chi connectivity index (χ3n) is 5.90. The average Bonchev–Trinajstić information content (AvgIpc) is 3.20. The number of aromatic amines is 1. The second-order valence-electron chi connectivity index (χ2n) is 9.12. The Labute approximate surface area is 181 Å². The van der Waals surface area contributed by atoms with E-state index in [0.717, 1.165) is 39.7 Å². The Balaban J connectivity index is 1.49. The maximum Gasteiger partial charge on any atom is 0.175 e. The van der Waals surface area contributed by atoms with E-state index in [0.29, 0.717) is 13.1 Å². The number of benzene rings is 2. The molecule has 0 unspecified atom stereocenters. The molecular weight excluding hydrogens is 388 g/mol. The number of Topliss-reactive ketones (excluding diaryl/α,β-unsaturated/α-hetero) is 1. The van der Waals surface area contributed by atoms with Crippen LogP contribution in [0.5, 0.6) is 11.5 Å². The summed E-state index contributed by atoms with van der Waals surface area (Å²) in [6.45, 7) is 7.56. The Hall–Kier alpha value is -3.38. The first-order valence-electron chi connectivity index (χ1n) is 10.6. The zero-order valence-corrected chi connectivity index (χ0v) is 18.0. The van der Waals surface area contributed by atoms with Gasteiger partial charge in [0.15, 0.2) is 11.6 Å². The molecule has 0 radical (unpaired) electrons. The van der Waals surface area contributed by atoms with Gasteiger partial charge in [-0.15, -0.1) is 0 Å². The molecule has 31 heavy (non-hydrogen) atoms. The number of nitrogens with one attached hydrogen (secondary N) is 3. The molecule has 0 spiro atoms. The number of ketones is 1. The lowest BCUT2D eigenvalue weighted by Gasteiger charge is -2.31. The molecule has 3 heterocycles. The lowest BCUT2D eigenvalue weighted by atomic mass is 9.79. The van der Waals surface area contributed by atoms with Crippen LogP contribution in [0.2, 0.25) is 0 Å². The van der Waals surface area contributed by atoms with Gasteiger partial charge < -0.3 is 15.4 Å². The zero-order valence-electron chi connectivity index (χ0n) is 18.0. The second kappa shape index (κ2) is 7.39. The molecule has 2 aliphatic heterocycles. The summed E-state index contributed by atoms with van der Waals surface area (Å²) in [6.07, 6.45) is 1.87. The number of H-pyrrole nitrogens is 1. The van der Waals surface area contributed by atoms with Crippen LogP contribution in [-0.4, -0.2) is 29.1 Å². The van der Waals surface area contributed by atoms with Crippen molar-refractivity contribution in [3.63, 3.8) is 0 Å². The highest BCUT2D eigenvalue weighted by molar-refractivity contribution is 6.02. The van der Waals surface area contributed by atoms with Gasteiger partial charge in [-0.1, -0.05) is 45.0 Å². The van der Waals surface area contributed by atoms with Crippen molar-refractivity contribution in [3.05, 3.63) is 82.7 Å². The van der Waals surface area contributed by atoms with E-state index in [2.05, 4.69) is 53.7 Å². The van der Waals surface area contributed by atoms with Gasteiger partial charge in [-0.2, -0.15) is 5.10 Å². The summed E-state index contributed by atoms with van der Waals surface area (Å²) in [4.78, 5) is 12.8. The first-order chi connectivity index (χ1) is 14.9. The number of hydrogen-bond donors (Lipinski definition) is 3. The monoisotopic (exact) mass is 414 g/mol. The van der Waals surface area contributed by atoms with Crippen molar-refractivity contribution in [1.82, 2.24) is 15.5 Å². The molecule has 2 aromatic carbocycles. The van der Waals surface area contributed by atoms with Gasteiger partial charge in [-0.05, 0) is 40.8 Å². The van der Waals surface area contributed by atoms with Crippen LogP contribution in [-0.2, 0) is 10.2 Å². The number of aromatic nitrogens is 2. The summed E-state index contributed by atoms with van der Waals surface area (Å²) in [5, 5.41) is 13.7. The number of fused-ring (bicyclic) bond motifs is 1. The summed E-state index contributed by atoms with van der Waals surface area (Å²) < 4.78 is 6.16. The van der Waals surface area contributed by atoms with Gasteiger partial charge in [0.2, 0.25) is 0 Å². The summed E-state index contributed by atoms with van der Waals surface area (Å²) >= 11 is 0. The predicted molar refractivity (Wildman–Crippen MR) is 121 cm³/mol. The smallest absolute Gasteiger partial charge is 0.175 e. The maximum atomic E-state index is 12.8. The van der Waals surface area contributed by atoms with Crippen molar-refractivity contribution < 1.29 is 9.53 Å². The molecule has 0 amide bonds. The zero-order chi connectivity index (χ0) is 21.6. The van der Waals surface area contributed by atoms with Gasteiger partial charge in [-0.3, -0.25) is 9.89 Å². The Kier molecular flexibility index (Phi) is 4.67. The number of anilines is 1. The van der Waals surface area contributed by atoms with E-state index in [4.69, 9.17) is 4.74 Å². The Bertz CT molecular complexity index is 1170. The Morgan fingerprint density at radius 2 is 1.84 bits per heavy atom. The molecule has 158 valence electrons. The number of carbonyl (C=O) groups excluding carboxylic acids is 1. The van der Waals surface area contributed by atoms with Gasteiger partial charge >= 0.3 is 0 Å². The van der Waals surface area contributed by atoms with Crippen molar-refractivity contribution in [3.8, 4) is 11.5 Å². The molecular formula is C25H26N4O2. The second-order valence-corrected chi connectivity index (χ2v) is 9.12. The molecule has 0 bridgehead atoms. The lowest BCUT2D eigenvalue weighted by molar-refractivity contribution is -0.115. The summed E-state index contributed by atoms with van der Waals surface area (Å²) in [6, 6.07) is 16.2. The van der Waals surface area contributed by atoms with E-state index in [1.807, 2.05) is 42.6 Å². The molecule has 5 rings (SSSR count). The molecule has 3 N–H and O–H groups in total. The van der Waals surface area contributed by atoms with Crippen LogP contribution >= 0.6 is 0 Å². The van der Waals surface area contributed by atoms with E-state index in [-0.39, 0.29) is 17.1 Å². The third-order valence-corrected chi connectivity index (χ3v) is 5.90. The lowest BCUT2D eigenvalue weighted by Crippen LogP contribution is -2.39. The standard InChI is InChI=1S/C25H26N4O2/c1-25(2,3)16-7-9-17(10-8-16)31-18-6-4-5-15(11-18)22-19-12-27-29-24(19)28-20-13-26-14-21(30)23(20)22/h4-12,22,26H,13-14H2,1-3H3,(H2,27,28,29)/t22-/m1/s1. The Morgan fingerprint density at radius 1 is 1.03 bits per heavy atom. The SMILES string of the molecule is CC(C)(C)c1ccc(Oc2cccc([C@H]3C4=C(CNCC4=O)Nc4n[nH]cc43)c2)cc1. The fourth-order valence-corrected chi connectivity index (χ4v) is 4.29. The third kappa shape index (κ3) is 3.64. The molecule has 0 saturated heterocycles. The van der Waals surface area contributed by atoms with Crippen molar-refractivity contribution in [2.24, 2.45) is 0 Å². The summed E-state index contributed by atoms with van der Waals surface area (Å²) in [5.74, 6) is 2.23. The fraction of sp³-hybridized carbons (Fsp3) is 0.280. The summed E-state index contributed by atoms with van der Waals surface area (Å²) in [5.41, 5.74) is 5.04. The minimum absolute atomic E-state index is 0.0998. The number of nitrogens with zero attached hydrogens (tertiary/aromatic N) is 1. The summed E-state index contributed by atoms with van der Waals surface area (Å²) in [7, 11) is 0. The van der Waals surface area contributed by atoms with Crippen LogP contribution in [0.1, 0.15) is 43.4 Å². The van der Waals surface area contributed by atoms with Gasteiger partial charge in [0.25, 0.3) is 0 Å². The number of ether oxygens (including phenoxy) is 1. The number of carbonyl (C=O) groups is 1. The maximum absolute atomic E-state index is 12.8. The van der Waals surface area contributed by atoms with Crippen molar-refractivity contribution in [2.45, 2.75) is 32.1 Å². The first-order valence-corrected chi connectivity index (χ1v) is 10.6. The van der Waals surface area contributed by atoms with E-state index >= 15 is 0 Å². The van der Waals surface area contributed by atoms with Crippen LogP contribution in [0.25, 0.3) is 0 Å². The van der Waals surface area contributed by atoms with E-state index in [1.165, 1.54) is 5.56 Å². The molecule has 0 saturated carbocycles. The minimum Gasteiger partial charge on any atom is -0.457 e. The van der Waals surface area contributed by atoms with Gasteiger partial charge in [0, 0.05) is 35.5 Å². The molecule has 0 aliphatic carbocycles. The fourth-order valence-electron chi connectivity index (χ4n) is 4.29. The molecule has 6 nitrogen and oxygen atoms in total. The van der Waals surface area contributed by atoms with Crippen LogP contribution in [0.4, 0.5) is 5.82 Å². The van der Waals surface area contributed by atoms with E-state index in [1.54, 1.807) is 0 Å². The largest absolute Gasteiger partial charge is 0.457 e. The molecule has 0 fully saturated rings. The quantitative estimate of drug-likeness (QED) is 0.589. The predicted octanol–water partition coefficient (Wildman–Crippen LogP) is 4.48. The highest BCUT2D eigenvalue weighted by Crippen LogP contribution is 2.42. The van der Waals surface area contributed by atoms with Crippen LogP contribution < -0.4 is 15.4 Å². The van der Waals surface area contributed by atoms with E-state index < -0.39 is 0 Å². The van der Waals surface area contributed by atoms with Gasteiger partial charge in [0.1, 0.15) is 11.5 Å². The van der Waals surface area contributed by atoms with Gasteiger partial charge in [0.05, 0.1) is 6.54 Å². The van der Waals surface area contributed by atoms with Crippen LogP contribution in [0.15, 0.2) is 66.0 Å². The molecule has 2 aliphatic rings. The van der Waals surface area contributed by atoms with E-state index in [9.17, 15) is 4.79 Å². The van der Waals surface area contributed by atoms with Crippen LogP contribution in [0.3, 0.4) is 0 Å². The molecule has 6 heteroatoms. The minimum atomic E-state index is -0.175. The Morgan fingerprint density at radius 3 is 2.61 bits per heavy atom. The van der Waals surface area contributed by atoms with Gasteiger partial charge in [-0.25, -0.2) is 0 Å². The van der Waals surface area contributed by atoms with Crippen molar-refractivity contribution >= 4 is 11.6 Å². The molecule has 3 aromatic rings. The molecule has 1 atom stereocenters. The highest BCUT2D eigenvalue weighted by atomic mass is 16.5. The first kappa shape index (κ1) is 19.6. The number of hydrogen-bond acceptors (Lipinski definition) is 5. The normalized spacial score (nSPS) is 18.3. The highest BCUT2D eigenvalue weighted by Gasteiger charge is 2.36. The van der Waals surface area contributed by atoms with Crippen LogP contribution in [0, 0.1) is 0 Å². The van der Waals surface area contributed by atoms with Crippen molar-refractivity contribution in [2.75, 3.05) is 18.4 Å². The molecule has 1 aromatic heterocycles.